The average Bonchev–Trinajstić information content (AvgIpc) is 2.71. The maximum Gasteiger partial charge on any atom is 0.0885 e. The molecule has 0 spiro atoms. The molecule has 2 rings (SSSR count). The summed E-state index contributed by atoms with van der Waals surface area (Å²) in [5.74, 6) is 0. The molecule has 0 radical (unpaired) electrons. The minimum Gasteiger partial charge on any atom is -0.502 e. The van der Waals surface area contributed by atoms with Crippen LogP contribution in [0.25, 0.3) is 0 Å². The Morgan fingerprint density at radius 2 is 2.41 bits per heavy atom. The Morgan fingerprint density at radius 3 is 3.24 bits per heavy atom. The molecule has 3 nitrogen and oxygen atoms in total. The number of nitrogens with two attached hydrogens (primary N) is 1. The van der Waals surface area contributed by atoms with Crippen LogP contribution in [-0.2, 0) is 11.2 Å². The first-order valence-electron chi connectivity index (χ1n) is 6.15. The Labute approximate surface area is 103 Å². The first-order valence-corrected chi connectivity index (χ1v) is 6.15. The number of benzene rings is 1. The van der Waals surface area contributed by atoms with Crippen LogP contribution < -0.4 is 11.1 Å². The summed E-state index contributed by atoms with van der Waals surface area (Å²) in [4.78, 5) is 0. The maximum atomic E-state index is 5.78. The Hall–Kier alpha value is -1.48. The fourth-order valence-corrected chi connectivity index (χ4v) is 2.36. The molecule has 0 saturated heterocycles. The summed E-state index contributed by atoms with van der Waals surface area (Å²) < 4.78 is 5.09. The van der Waals surface area contributed by atoms with E-state index in [1.54, 1.807) is 0 Å². The summed E-state index contributed by atoms with van der Waals surface area (Å²) in [7, 11) is 0. The highest BCUT2D eigenvalue weighted by Crippen LogP contribution is 2.32. The van der Waals surface area contributed by atoms with Gasteiger partial charge in [0.05, 0.1) is 12.9 Å². The summed E-state index contributed by atoms with van der Waals surface area (Å²) in [6, 6.07) is 6.71. The van der Waals surface area contributed by atoms with Crippen molar-refractivity contribution in [3.05, 3.63) is 42.2 Å². The number of fused-ring (bicyclic) bond motifs is 1. The lowest BCUT2D eigenvalue weighted by Crippen LogP contribution is -2.21. The summed E-state index contributed by atoms with van der Waals surface area (Å²) in [6.07, 6.45) is 4.79. The number of rotatable bonds is 6. The minimum absolute atomic E-state index is 0.481. The van der Waals surface area contributed by atoms with Crippen molar-refractivity contribution < 1.29 is 4.74 Å². The van der Waals surface area contributed by atoms with Crippen LogP contribution in [0, 0.1) is 0 Å². The van der Waals surface area contributed by atoms with Crippen LogP contribution in [0.1, 0.15) is 30.0 Å². The zero-order valence-corrected chi connectivity index (χ0v) is 10.1. The van der Waals surface area contributed by atoms with E-state index >= 15 is 0 Å². The third kappa shape index (κ3) is 3.01. The smallest absolute Gasteiger partial charge is 0.0885 e. The lowest BCUT2D eigenvalue weighted by Gasteiger charge is -2.14. The van der Waals surface area contributed by atoms with Crippen LogP contribution in [0.4, 0.5) is 5.69 Å². The van der Waals surface area contributed by atoms with Gasteiger partial charge in [-0.1, -0.05) is 12.6 Å². The molecule has 0 aromatic heterocycles. The van der Waals surface area contributed by atoms with E-state index in [2.05, 4.69) is 24.0 Å². The van der Waals surface area contributed by atoms with Gasteiger partial charge in [0.1, 0.15) is 0 Å². The predicted octanol–water partition coefficient (Wildman–Crippen LogP) is 2.40. The first-order chi connectivity index (χ1) is 8.31. The molecule has 0 aliphatic heterocycles. The summed E-state index contributed by atoms with van der Waals surface area (Å²) in [5, 5.41) is 3.56. The molecule has 1 aliphatic rings. The number of nitrogens with one attached hydrogen (secondary N) is 1. The van der Waals surface area contributed by atoms with E-state index in [1.807, 2.05) is 6.07 Å². The van der Waals surface area contributed by atoms with E-state index in [1.165, 1.54) is 23.8 Å². The van der Waals surface area contributed by atoms with Crippen molar-refractivity contribution in [3.8, 4) is 0 Å². The Bertz CT molecular complexity index is 390. The highest BCUT2D eigenvalue weighted by atomic mass is 16.5. The van der Waals surface area contributed by atoms with Crippen molar-refractivity contribution >= 4 is 5.69 Å². The molecule has 1 atom stereocenters. The van der Waals surface area contributed by atoms with Crippen LogP contribution in [-0.4, -0.2) is 13.2 Å². The molecule has 1 unspecified atom stereocenters. The normalized spacial score (nSPS) is 17.8. The maximum absolute atomic E-state index is 5.78. The van der Waals surface area contributed by atoms with E-state index in [0.29, 0.717) is 6.04 Å². The molecule has 1 aliphatic carbocycles. The molecule has 0 fully saturated rings. The van der Waals surface area contributed by atoms with Crippen LogP contribution in [0.15, 0.2) is 31.0 Å². The van der Waals surface area contributed by atoms with Gasteiger partial charge in [-0.3, -0.25) is 0 Å². The van der Waals surface area contributed by atoms with Crippen LogP contribution in [0.3, 0.4) is 0 Å². The second kappa shape index (κ2) is 5.73. The molecule has 92 valence electrons. The highest BCUT2D eigenvalue weighted by molar-refractivity contribution is 5.47. The number of ether oxygens (including phenoxy) is 1. The molecule has 17 heavy (non-hydrogen) atoms. The summed E-state index contributed by atoms with van der Waals surface area (Å²) >= 11 is 0. The standard InChI is InChI=1S/C14H20N2O/c1-2-17-9-3-8-16-14-7-4-11-10-12(15)5-6-13(11)14/h2,5-6,10,14,16H,1,3-4,7-9,15H2. The van der Waals surface area contributed by atoms with Gasteiger partial charge in [-0.05, 0) is 49.1 Å². The highest BCUT2D eigenvalue weighted by Gasteiger charge is 2.21. The van der Waals surface area contributed by atoms with Gasteiger partial charge >= 0.3 is 0 Å². The Balaban J connectivity index is 1.83. The van der Waals surface area contributed by atoms with Gasteiger partial charge < -0.3 is 15.8 Å². The summed E-state index contributed by atoms with van der Waals surface area (Å²) in [5.41, 5.74) is 9.45. The van der Waals surface area contributed by atoms with Crippen molar-refractivity contribution in [2.45, 2.75) is 25.3 Å². The van der Waals surface area contributed by atoms with Gasteiger partial charge in [0, 0.05) is 11.7 Å². The predicted molar refractivity (Wildman–Crippen MR) is 70.7 cm³/mol. The topological polar surface area (TPSA) is 47.3 Å². The van der Waals surface area contributed by atoms with Gasteiger partial charge in [0.15, 0.2) is 0 Å². The second-order valence-electron chi connectivity index (χ2n) is 4.39. The molecule has 0 saturated carbocycles. The zero-order valence-electron chi connectivity index (χ0n) is 10.1. The van der Waals surface area contributed by atoms with E-state index < -0.39 is 0 Å². The molecule has 3 heteroatoms. The first kappa shape index (κ1) is 12.0. The fourth-order valence-electron chi connectivity index (χ4n) is 2.36. The quantitative estimate of drug-likeness (QED) is 0.450. The van der Waals surface area contributed by atoms with Crippen molar-refractivity contribution in [2.75, 3.05) is 18.9 Å². The number of anilines is 1. The van der Waals surface area contributed by atoms with Crippen molar-refractivity contribution in [3.63, 3.8) is 0 Å². The van der Waals surface area contributed by atoms with Gasteiger partial charge in [-0.25, -0.2) is 0 Å². The van der Waals surface area contributed by atoms with E-state index in [9.17, 15) is 0 Å². The molecule has 0 bridgehead atoms. The van der Waals surface area contributed by atoms with Gasteiger partial charge in [-0.2, -0.15) is 0 Å². The van der Waals surface area contributed by atoms with Crippen molar-refractivity contribution in [1.82, 2.24) is 5.32 Å². The monoisotopic (exact) mass is 232 g/mol. The largest absolute Gasteiger partial charge is 0.502 e. The SMILES string of the molecule is C=COCCCNC1CCc2cc(N)ccc21. The van der Waals surface area contributed by atoms with Crippen molar-refractivity contribution in [2.24, 2.45) is 0 Å². The molecule has 3 N–H and O–H groups in total. The minimum atomic E-state index is 0.481. The fraction of sp³-hybridized carbons (Fsp3) is 0.429. The third-order valence-electron chi connectivity index (χ3n) is 3.19. The van der Waals surface area contributed by atoms with Gasteiger partial charge in [0.25, 0.3) is 0 Å². The lowest BCUT2D eigenvalue weighted by atomic mass is 10.1. The number of hydrogen-bond acceptors (Lipinski definition) is 3. The number of hydrogen-bond donors (Lipinski definition) is 2. The van der Waals surface area contributed by atoms with Gasteiger partial charge in [0.2, 0.25) is 0 Å². The van der Waals surface area contributed by atoms with E-state index in [4.69, 9.17) is 10.5 Å². The molecule has 1 aromatic carbocycles. The summed E-state index contributed by atoms with van der Waals surface area (Å²) in [6.45, 7) is 5.23. The van der Waals surface area contributed by atoms with Crippen molar-refractivity contribution in [1.29, 1.82) is 0 Å². The molecule has 1 aromatic rings. The molecule has 0 heterocycles. The van der Waals surface area contributed by atoms with Gasteiger partial charge in [-0.15, -0.1) is 0 Å². The molecule has 0 amide bonds. The number of aryl methyl sites for hydroxylation is 1. The molecular formula is C14H20N2O. The second-order valence-corrected chi connectivity index (χ2v) is 4.39. The van der Waals surface area contributed by atoms with E-state index in [0.717, 1.165) is 31.7 Å². The number of nitrogen functional groups attached to an aromatic ring is 1. The zero-order chi connectivity index (χ0) is 12.1. The molecular weight excluding hydrogens is 212 g/mol. The van der Waals surface area contributed by atoms with Crippen LogP contribution >= 0.6 is 0 Å². The Kier molecular flexibility index (Phi) is 4.04. The van der Waals surface area contributed by atoms with Crippen LogP contribution in [0.5, 0.6) is 0 Å². The lowest BCUT2D eigenvalue weighted by molar-refractivity contribution is 0.243. The van der Waals surface area contributed by atoms with Crippen LogP contribution in [0.2, 0.25) is 0 Å². The van der Waals surface area contributed by atoms with E-state index in [-0.39, 0.29) is 0 Å². The average molecular weight is 232 g/mol. The third-order valence-corrected chi connectivity index (χ3v) is 3.19. The Morgan fingerprint density at radius 1 is 1.53 bits per heavy atom.